The number of aromatic nitrogens is 11. The van der Waals surface area contributed by atoms with Crippen molar-refractivity contribution in [3.8, 4) is 67.4 Å². The second-order valence-corrected chi connectivity index (χ2v) is 23.8. The molecule has 0 fully saturated rings. The van der Waals surface area contributed by atoms with E-state index in [1.165, 1.54) is 100 Å². The Balaban J connectivity index is 0.000000469. The van der Waals surface area contributed by atoms with Gasteiger partial charge in [-0.3, -0.25) is 24.5 Å². The first-order chi connectivity index (χ1) is 55.6. The summed E-state index contributed by atoms with van der Waals surface area (Å²) in [6.07, 6.45) is 10.7. The monoisotopic (exact) mass is 2530 g/mol. The van der Waals surface area contributed by atoms with E-state index in [4.69, 9.17) is 25.4 Å². The van der Waals surface area contributed by atoms with E-state index in [9.17, 15) is 49.9 Å². The number of aromatic carboxylic acids is 2. The van der Waals surface area contributed by atoms with E-state index in [0.29, 0.717) is 22.6 Å². The van der Waals surface area contributed by atoms with E-state index in [1.54, 1.807) is 91.4 Å². The second-order valence-electron chi connectivity index (χ2n) is 23.8. The number of fused-ring (bicyclic) bond motifs is 2. The molecule has 11 heterocycles. The van der Waals surface area contributed by atoms with Crippen LogP contribution in [-0.2, 0) is 116 Å². The summed E-state index contributed by atoms with van der Waals surface area (Å²) in [5, 5.41) is 36.9. The first kappa shape index (κ1) is 105. The Kier molecular flexibility index (Phi) is 47.9. The number of carbonyl (C=O) groups is 4. The third-order valence-electron chi connectivity index (χ3n) is 14.7. The molecule has 11 aromatic heterocycles. The van der Waals surface area contributed by atoms with Gasteiger partial charge in [-0.2, -0.15) is 13.2 Å². The van der Waals surface area contributed by atoms with E-state index in [1.807, 2.05) is 67.7 Å². The van der Waals surface area contributed by atoms with E-state index < -0.39 is 47.6 Å². The van der Waals surface area contributed by atoms with Gasteiger partial charge in [0.25, 0.3) is 0 Å². The standard InChI is InChI=1S/C19H12N.C16H11N2.C13H10F3N2.2C10H5F2N2.2C6H5NO2.2C5H8O2.5Ir/c1-3-9-16-14(6-1)8-5-10-17(16)19-13-12-15-7-2-4-11-18(15)20-19;1-2-5-13(6-3-1)14-8-10-18-16(11-14)15-7-4-9-17-12-15;1-8-5-6-17-11(7-8)10-3-4-12(13(14,15)16)18-9(10)2;2*11-9-5-4-7(10(12)14-9)8-3-1-2-6-13-8;2*8-6(9)5-3-1-2-4-7-5;2*1-4(6)3-5(2)7;;;;;/h1-9,11-13H;1-6,8-12H;4-7H,1-2H3;2*1-3,5-6H;2*1-4H,(H,8,9);2*3,6H,1-2H3;;;;;/q5*-1;;;;;;;;;. The third kappa shape index (κ3) is 36.7. The number of benzene rings is 4. The van der Waals surface area contributed by atoms with Crippen LogP contribution >= 0.6 is 0 Å². The van der Waals surface area contributed by atoms with Gasteiger partial charge in [0.2, 0.25) is 0 Å². The van der Waals surface area contributed by atoms with Crippen molar-refractivity contribution in [3.05, 3.63) is 380 Å². The van der Waals surface area contributed by atoms with Crippen molar-refractivity contribution >= 4 is 45.2 Å². The maximum absolute atomic E-state index is 13.1. The first-order valence-electron chi connectivity index (χ1n) is 34.5. The van der Waals surface area contributed by atoms with Gasteiger partial charge in [-0.05, 0) is 140 Å². The molecule has 0 unspecified atom stereocenters. The second kappa shape index (κ2) is 55.1. The van der Waals surface area contributed by atoms with Gasteiger partial charge >= 0.3 is 18.1 Å². The third-order valence-corrected chi connectivity index (χ3v) is 14.7. The van der Waals surface area contributed by atoms with Gasteiger partial charge < -0.3 is 50.3 Å². The van der Waals surface area contributed by atoms with E-state index in [0.717, 1.165) is 62.7 Å². The molecule has 631 valence electrons. The predicted octanol–water partition coefficient (Wildman–Crippen LogP) is 20.1. The van der Waals surface area contributed by atoms with Gasteiger partial charge in [-0.25, -0.2) is 37.1 Å². The summed E-state index contributed by atoms with van der Waals surface area (Å²) in [4.78, 5) is 82.3. The number of para-hydroxylation sites is 1. The quantitative estimate of drug-likeness (QED) is 0.0325. The summed E-state index contributed by atoms with van der Waals surface area (Å²) in [6, 6.07) is 80.8. The van der Waals surface area contributed by atoms with Crippen LogP contribution in [0.25, 0.3) is 89.1 Å². The molecule has 0 spiro atoms. The Morgan fingerprint density at radius 2 is 0.868 bits per heavy atom. The van der Waals surface area contributed by atoms with Crippen molar-refractivity contribution in [2.75, 3.05) is 0 Å². The van der Waals surface area contributed by atoms with Crippen molar-refractivity contribution < 1.29 is 171 Å². The van der Waals surface area contributed by atoms with Crippen molar-refractivity contribution in [2.45, 2.75) is 47.7 Å². The number of aliphatic hydroxyl groups is 2. The molecule has 0 aliphatic heterocycles. The molecule has 0 amide bonds. The number of pyridine rings is 11. The number of nitrogens with zero attached hydrogens (tertiary/aromatic N) is 11. The van der Waals surface area contributed by atoms with Crippen LogP contribution < -0.4 is 0 Å². The van der Waals surface area contributed by atoms with Crippen LogP contribution in [0.3, 0.4) is 0 Å². The average Bonchev–Trinajstić information content (AvgIpc) is 0.806. The summed E-state index contributed by atoms with van der Waals surface area (Å²) in [5.74, 6) is -5.68. The Morgan fingerprint density at radius 1 is 0.388 bits per heavy atom. The topological polar surface area (TPSA) is 291 Å². The minimum atomic E-state index is -4.44. The number of aryl methyl sites for hydroxylation is 2. The van der Waals surface area contributed by atoms with Crippen molar-refractivity contribution in [1.82, 2.24) is 54.8 Å². The maximum atomic E-state index is 13.1. The summed E-state index contributed by atoms with van der Waals surface area (Å²) < 4.78 is 88.6. The van der Waals surface area contributed by atoms with E-state index >= 15 is 0 Å². The van der Waals surface area contributed by atoms with Crippen molar-refractivity contribution in [1.29, 1.82) is 0 Å². The molecule has 121 heavy (non-hydrogen) atoms. The zero-order valence-corrected chi connectivity index (χ0v) is 76.3. The number of aliphatic hydroxyl groups excluding tert-OH is 2. The molecule has 19 nitrogen and oxygen atoms in total. The molecule has 15 rings (SSSR count). The molecule has 0 saturated carbocycles. The number of allylic oxidation sites excluding steroid dienone is 4. The summed E-state index contributed by atoms with van der Waals surface area (Å²) in [5.41, 5.74) is 9.67. The fraction of sp³-hybridized carbons (Fsp3) is 0.0778. The summed E-state index contributed by atoms with van der Waals surface area (Å²) in [7, 11) is 0. The zero-order chi connectivity index (χ0) is 83.9. The Morgan fingerprint density at radius 3 is 1.31 bits per heavy atom. The number of rotatable bonds is 10. The van der Waals surface area contributed by atoms with Crippen molar-refractivity contribution in [2.24, 2.45) is 0 Å². The molecule has 0 saturated heterocycles. The number of ketones is 2. The van der Waals surface area contributed by atoms with Crippen LogP contribution in [0.15, 0.2) is 298 Å². The molecule has 4 N–H and O–H groups in total. The number of carboxylic acids is 2. The molecular weight excluding hydrogens is 2460 g/mol. The smallest absolute Gasteiger partial charge is 0.397 e. The van der Waals surface area contributed by atoms with Gasteiger partial charge in [0.05, 0.1) is 22.7 Å². The van der Waals surface area contributed by atoms with Gasteiger partial charge in [-0.1, -0.05) is 187 Å². The van der Waals surface area contributed by atoms with E-state index in [-0.39, 0.29) is 152 Å². The Labute approximate surface area is 759 Å². The predicted molar refractivity (Wildman–Crippen MR) is 425 cm³/mol. The van der Waals surface area contributed by atoms with Crippen LogP contribution in [-0.4, -0.2) is 98.8 Å². The minimum Gasteiger partial charge on any atom is -0.512 e. The Bertz CT molecular complexity index is 5550. The number of carbonyl (C=O) groups excluding carboxylic acids is 2. The zero-order valence-electron chi connectivity index (χ0n) is 64.3. The normalized spacial score (nSPS) is 10.1. The molecule has 0 aliphatic carbocycles. The van der Waals surface area contributed by atoms with Crippen LogP contribution in [0, 0.1) is 68.0 Å². The molecule has 0 bridgehead atoms. The molecule has 31 heteroatoms. The first-order valence-corrected chi connectivity index (χ1v) is 34.5. The molecular formula is C90H69F7Ir5N11O8-5. The largest absolute Gasteiger partial charge is 0.512 e. The molecule has 0 aliphatic rings. The molecule has 15 aromatic rings. The number of alkyl halides is 3. The van der Waals surface area contributed by atoms with Gasteiger partial charge in [0, 0.05) is 150 Å². The molecule has 0 atom stereocenters. The maximum Gasteiger partial charge on any atom is 0.397 e. The average molecular weight is 2530 g/mol. The van der Waals surface area contributed by atoms with Gasteiger partial charge in [0.1, 0.15) is 35.2 Å². The fourth-order valence-corrected chi connectivity index (χ4v) is 9.72. The molecule has 5 radical (unpaired) electrons. The molecule has 4 aromatic carbocycles. The number of hydrogen-bond acceptors (Lipinski definition) is 17. The SMILES string of the molecule is CC(=O)C=C(C)O.CC(=O)C=C(C)O.Cc1ccnc(-c2[c-]cc(C(F)(F)F)nc2C)c1.Fc1c[c-]c(-c2ccccn2)c(F)n1.Fc1c[c-]c(-c2ccccn2)c(F)n1.O=C(O)c1ccccn1.O=C(O)c1ccccn1.[Ir].[Ir].[Ir].[Ir].[Ir].[c-]1ccc2ccccc2c1-c1ccc2ccccc2n1.[c-]1ccncc1-c1cc(-c2ccccc2)ccn1. The van der Waals surface area contributed by atoms with Gasteiger partial charge in [-0.15, -0.1) is 76.7 Å². The van der Waals surface area contributed by atoms with Crippen LogP contribution in [0.5, 0.6) is 0 Å². The van der Waals surface area contributed by atoms with Crippen LogP contribution in [0.2, 0.25) is 0 Å². The van der Waals surface area contributed by atoms with Crippen LogP contribution in [0.4, 0.5) is 30.7 Å². The number of carboxylic acid groups (broad SMARTS) is 2. The van der Waals surface area contributed by atoms with Crippen LogP contribution in [0.1, 0.15) is 65.6 Å². The summed E-state index contributed by atoms with van der Waals surface area (Å²) >= 11 is 0. The Hall–Kier alpha value is -11.8. The number of hydrogen-bond donors (Lipinski definition) is 4. The van der Waals surface area contributed by atoms with E-state index in [2.05, 4.69) is 147 Å². The summed E-state index contributed by atoms with van der Waals surface area (Å²) in [6.45, 7) is 9.10. The van der Waals surface area contributed by atoms with Gasteiger partial charge in [0.15, 0.2) is 11.6 Å². The minimum absolute atomic E-state index is 0. The number of halogens is 7. The van der Waals surface area contributed by atoms with Crippen molar-refractivity contribution in [3.63, 3.8) is 0 Å². The fourth-order valence-electron chi connectivity index (χ4n) is 9.72.